The number of carbonyl (C=O) groups is 1. The summed E-state index contributed by atoms with van der Waals surface area (Å²) in [5.41, 5.74) is 4.52. The number of aromatic nitrogens is 2. The lowest BCUT2D eigenvalue weighted by molar-refractivity contribution is -0.136. The van der Waals surface area contributed by atoms with Gasteiger partial charge in [-0.05, 0) is 47.5 Å². The fourth-order valence-corrected chi connectivity index (χ4v) is 4.03. The molecule has 162 valence electrons. The Bertz CT molecular complexity index is 1170. The molecule has 0 atom stereocenters. The van der Waals surface area contributed by atoms with Gasteiger partial charge in [0.2, 0.25) is 0 Å². The van der Waals surface area contributed by atoms with E-state index >= 15 is 0 Å². The molecule has 0 aliphatic rings. The summed E-state index contributed by atoms with van der Waals surface area (Å²) >= 11 is 1.56. The number of carboxylic acids is 1. The van der Waals surface area contributed by atoms with E-state index in [9.17, 15) is 4.79 Å². The lowest BCUT2D eigenvalue weighted by Gasteiger charge is -2.15. The van der Waals surface area contributed by atoms with Crippen LogP contribution in [0.4, 0.5) is 11.5 Å². The highest BCUT2D eigenvalue weighted by molar-refractivity contribution is 7.13. The van der Waals surface area contributed by atoms with Gasteiger partial charge in [0.25, 0.3) is 0 Å². The van der Waals surface area contributed by atoms with E-state index in [2.05, 4.69) is 24.9 Å². The van der Waals surface area contributed by atoms with Crippen molar-refractivity contribution in [2.24, 2.45) is 0 Å². The van der Waals surface area contributed by atoms with Gasteiger partial charge in [-0.15, -0.1) is 17.9 Å². The van der Waals surface area contributed by atoms with Crippen molar-refractivity contribution in [2.75, 3.05) is 5.32 Å². The molecule has 2 heterocycles. The molecule has 0 aliphatic carbocycles. The quantitative estimate of drug-likeness (QED) is 0.384. The molecule has 0 amide bonds. The van der Waals surface area contributed by atoms with Crippen molar-refractivity contribution < 1.29 is 9.90 Å². The van der Waals surface area contributed by atoms with Crippen LogP contribution in [0.15, 0.2) is 54.4 Å². The lowest BCUT2D eigenvalue weighted by atomic mass is 10.1. The average Bonchev–Trinajstić information content (AvgIpc) is 3.25. The van der Waals surface area contributed by atoms with E-state index in [0.717, 1.165) is 39.4 Å². The Hall–Kier alpha value is -3.76. The van der Waals surface area contributed by atoms with Gasteiger partial charge in [0.15, 0.2) is 5.82 Å². The predicted octanol–water partition coefficient (Wildman–Crippen LogP) is 5.79. The largest absolute Gasteiger partial charge is 0.481 e. The molecule has 0 radical (unpaired) electrons. The number of rotatable bonds is 10. The summed E-state index contributed by atoms with van der Waals surface area (Å²) in [6, 6.07) is 11.4. The molecule has 0 fully saturated rings. The monoisotopic (exact) mass is 444 g/mol. The summed E-state index contributed by atoms with van der Waals surface area (Å²) in [5.74, 6) is 0.502. The van der Waals surface area contributed by atoms with Gasteiger partial charge in [-0.3, -0.25) is 4.79 Å². The molecule has 0 spiro atoms. The lowest BCUT2D eigenvalue weighted by Crippen LogP contribution is -2.07. The minimum absolute atomic E-state index is 0.0108. The Labute approximate surface area is 191 Å². The SMILES string of the molecule is C=CCc1c(CC)nc(-c2cc(/C=C/CC#N)cs2)nc1Nc1ccc(CC(=O)O)cc1. The molecule has 0 bridgehead atoms. The number of nitrogens with one attached hydrogen (secondary N) is 1. The number of anilines is 2. The van der Waals surface area contributed by atoms with Crippen LogP contribution in [-0.4, -0.2) is 21.0 Å². The van der Waals surface area contributed by atoms with Crippen molar-refractivity contribution in [2.45, 2.75) is 32.6 Å². The maximum atomic E-state index is 10.9. The zero-order valence-corrected chi connectivity index (χ0v) is 18.7. The average molecular weight is 445 g/mol. The summed E-state index contributed by atoms with van der Waals surface area (Å²) in [4.78, 5) is 21.5. The number of thiophene rings is 1. The number of aryl methyl sites for hydroxylation is 1. The maximum Gasteiger partial charge on any atom is 0.307 e. The van der Waals surface area contributed by atoms with Crippen molar-refractivity contribution in [3.8, 4) is 16.8 Å². The molecule has 6 nitrogen and oxygen atoms in total. The second kappa shape index (κ2) is 11.0. The van der Waals surface area contributed by atoms with Gasteiger partial charge in [0.1, 0.15) is 5.82 Å². The van der Waals surface area contributed by atoms with E-state index < -0.39 is 5.97 Å². The first kappa shape index (κ1) is 22.9. The smallest absolute Gasteiger partial charge is 0.307 e. The number of nitrogens with zero attached hydrogens (tertiary/aromatic N) is 3. The minimum atomic E-state index is -0.857. The molecule has 0 aliphatic heterocycles. The summed E-state index contributed by atoms with van der Waals surface area (Å²) in [6.45, 7) is 5.93. The predicted molar refractivity (Wildman–Crippen MR) is 129 cm³/mol. The summed E-state index contributed by atoms with van der Waals surface area (Å²) in [7, 11) is 0. The topological polar surface area (TPSA) is 98.9 Å². The first-order chi connectivity index (χ1) is 15.5. The highest BCUT2D eigenvalue weighted by Crippen LogP contribution is 2.30. The fourth-order valence-electron chi connectivity index (χ4n) is 3.22. The van der Waals surface area contributed by atoms with Gasteiger partial charge >= 0.3 is 5.97 Å². The van der Waals surface area contributed by atoms with Crippen molar-refractivity contribution >= 4 is 34.9 Å². The summed E-state index contributed by atoms with van der Waals surface area (Å²) < 4.78 is 0. The van der Waals surface area contributed by atoms with Crippen LogP contribution in [0, 0.1) is 11.3 Å². The fraction of sp³-hybridized carbons (Fsp3) is 0.200. The van der Waals surface area contributed by atoms with Gasteiger partial charge in [0, 0.05) is 16.9 Å². The first-order valence-corrected chi connectivity index (χ1v) is 11.1. The number of benzene rings is 1. The summed E-state index contributed by atoms with van der Waals surface area (Å²) in [5, 5.41) is 23.1. The van der Waals surface area contributed by atoms with Crippen LogP contribution in [0.5, 0.6) is 0 Å². The van der Waals surface area contributed by atoms with Crippen molar-refractivity contribution in [3.05, 3.63) is 76.8 Å². The van der Waals surface area contributed by atoms with Crippen molar-refractivity contribution in [1.29, 1.82) is 5.26 Å². The number of aliphatic carboxylic acids is 1. The van der Waals surface area contributed by atoms with Gasteiger partial charge in [0.05, 0.1) is 23.8 Å². The van der Waals surface area contributed by atoms with Gasteiger partial charge < -0.3 is 10.4 Å². The number of hydrogen-bond acceptors (Lipinski definition) is 6. The number of nitriles is 1. The van der Waals surface area contributed by atoms with Crippen LogP contribution >= 0.6 is 11.3 Å². The molecule has 3 rings (SSSR count). The number of hydrogen-bond donors (Lipinski definition) is 2. The highest BCUT2D eigenvalue weighted by atomic mass is 32.1. The molecule has 2 N–H and O–H groups in total. The third-order valence-corrected chi connectivity index (χ3v) is 5.65. The molecular formula is C25H24N4O2S. The molecule has 1 aromatic carbocycles. The molecule has 7 heteroatoms. The van der Waals surface area contributed by atoms with Crippen LogP contribution in [0.1, 0.15) is 35.7 Å². The molecule has 2 aromatic heterocycles. The maximum absolute atomic E-state index is 10.9. The van der Waals surface area contributed by atoms with E-state index in [-0.39, 0.29) is 6.42 Å². The van der Waals surface area contributed by atoms with E-state index in [1.165, 1.54) is 0 Å². The second-order valence-corrected chi connectivity index (χ2v) is 7.98. The van der Waals surface area contributed by atoms with E-state index in [0.29, 0.717) is 24.5 Å². The second-order valence-electron chi connectivity index (χ2n) is 7.07. The Balaban J connectivity index is 1.96. The summed E-state index contributed by atoms with van der Waals surface area (Å²) in [6.07, 6.45) is 7.34. The Morgan fingerprint density at radius 2 is 2.09 bits per heavy atom. The van der Waals surface area contributed by atoms with Crippen LogP contribution in [-0.2, 0) is 24.1 Å². The zero-order valence-electron chi connectivity index (χ0n) is 17.8. The van der Waals surface area contributed by atoms with Crippen molar-refractivity contribution in [1.82, 2.24) is 9.97 Å². The van der Waals surface area contributed by atoms with Crippen LogP contribution in [0.25, 0.3) is 16.8 Å². The van der Waals surface area contributed by atoms with Gasteiger partial charge in [-0.1, -0.05) is 37.3 Å². The third-order valence-electron chi connectivity index (χ3n) is 4.71. The molecule has 0 saturated heterocycles. The number of carboxylic acid groups (broad SMARTS) is 1. The van der Waals surface area contributed by atoms with Gasteiger partial charge in [-0.25, -0.2) is 9.97 Å². The Kier molecular flexibility index (Phi) is 7.90. The first-order valence-electron chi connectivity index (χ1n) is 10.2. The normalized spacial score (nSPS) is 10.8. The minimum Gasteiger partial charge on any atom is -0.481 e. The standard InChI is InChI=1S/C25H24N4O2S/c1-3-7-20-21(4-2)28-25(22-14-18(16-32-22)8-5-6-13-26)29-24(20)27-19-11-9-17(10-12-19)15-23(30)31/h3,5,8-12,14,16H,1,4,6-7,15H2,2H3,(H,30,31)(H,27,28,29)/b8-5+. The zero-order chi connectivity index (χ0) is 22.9. The van der Waals surface area contributed by atoms with E-state index in [1.807, 2.05) is 41.8 Å². The molecule has 0 unspecified atom stereocenters. The van der Waals surface area contributed by atoms with E-state index in [1.54, 1.807) is 23.5 Å². The van der Waals surface area contributed by atoms with Crippen LogP contribution in [0.2, 0.25) is 0 Å². The Morgan fingerprint density at radius 1 is 1.31 bits per heavy atom. The third kappa shape index (κ3) is 5.90. The molecule has 0 saturated carbocycles. The van der Waals surface area contributed by atoms with Crippen molar-refractivity contribution in [3.63, 3.8) is 0 Å². The van der Waals surface area contributed by atoms with E-state index in [4.69, 9.17) is 20.3 Å². The van der Waals surface area contributed by atoms with Crippen LogP contribution < -0.4 is 5.32 Å². The Morgan fingerprint density at radius 3 is 2.75 bits per heavy atom. The molecular weight excluding hydrogens is 420 g/mol. The van der Waals surface area contributed by atoms with Gasteiger partial charge in [-0.2, -0.15) is 5.26 Å². The molecule has 3 aromatic rings. The number of allylic oxidation sites excluding steroid dienone is 2. The van der Waals surface area contributed by atoms with Crippen LogP contribution in [0.3, 0.4) is 0 Å². The molecule has 32 heavy (non-hydrogen) atoms. The highest BCUT2D eigenvalue weighted by Gasteiger charge is 2.15.